The molecule has 0 bridgehead atoms. The summed E-state index contributed by atoms with van der Waals surface area (Å²) in [5.74, 6) is 0. The van der Waals surface area contributed by atoms with Crippen molar-refractivity contribution in [3.05, 3.63) is 34.7 Å². The Bertz CT molecular complexity index is 524. The van der Waals surface area contributed by atoms with Crippen molar-refractivity contribution in [2.45, 2.75) is 19.3 Å². The van der Waals surface area contributed by atoms with Crippen molar-refractivity contribution < 1.29 is 0 Å². The van der Waals surface area contributed by atoms with E-state index in [1.807, 2.05) is 12.1 Å². The van der Waals surface area contributed by atoms with Crippen LogP contribution in [0.1, 0.15) is 24.0 Å². The average Bonchev–Trinajstić information content (AvgIpc) is 2.72. The second-order valence-corrected chi connectivity index (χ2v) is 5.72. The van der Waals surface area contributed by atoms with Gasteiger partial charge in [0.1, 0.15) is 0 Å². The topological polar surface area (TPSA) is 23.8 Å². The van der Waals surface area contributed by atoms with Gasteiger partial charge in [0.2, 0.25) is 0 Å². The van der Waals surface area contributed by atoms with E-state index in [1.54, 1.807) is 11.3 Å². The van der Waals surface area contributed by atoms with Gasteiger partial charge in [0.25, 0.3) is 0 Å². The summed E-state index contributed by atoms with van der Waals surface area (Å²) in [5, 5.41) is 12.4. The second kappa shape index (κ2) is 5.65. The van der Waals surface area contributed by atoms with E-state index in [1.165, 1.54) is 32.9 Å². The lowest BCUT2D eigenvalue weighted by atomic mass is 10.1. The summed E-state index contributed by atoms with van der Waals surface area (Å²) < 4.78 is 2.52. The molecule has 1 aromatic carbocycles. The van der Waals surface area contributed by atoms with Crippen molar-refractivity contribution >= 4 is 44.0 Å². The molecule has 0 saturated carbocycles. The van der Waals surface area contributed by atoms with Crippen LogP contribution in [-0.4, -0.2) is 4.43 Å². The maximum atomic E-state index is 8.89. The first kappa shape index (κ1) is 11.9. The van der Waals surface area contributed by atoms with Crippen molar-refractivity contribution in [2.75, 3.05) is 4.43 Å². The monoisotopic (exact) mass is 341 g/mol. The molecule has 3 heteroatoms. The van der Waals surface area contributed by atoms with Gasteiger partial charge in [-0.15, -0.1) is 11.3 Å². The number of aryl methyl sites for hydroxylation is 1. The Morgan fingerprint density at radius 2 is 2.19 bits per heavy atom. The normalized spacial score (nSPS) is 10.5. The van der Waals surface area contributed by atoms with Crippen LogP contribution in [0.5, 0.6) is 0 Å². The van der Waals surface area contributed by atoms with Gasteiger partial charge in [0.05, 0.1) is 11.6 Å². The zero-order valence-electron chi connectivity index (χ0n) is 8.87. The minimum Gasteiger partial charge on any atom is -0.192 e. The molecule has 0 atom stereocenters. The first-order valence-electron chi connectivity index (χ1n) is 5.31. The van der Waals surface area contributed by atoms with Crippen LogP contribution in [0.25, 0.3) is 10.1 Å². The van der Waals surface area contributed by atoms with Crippen LogP contribution in [-0.2, 0) is 6.42 Å². The first-order valence-corrected chi connectivity index (χ1v) is 7.72. The van der Waals surface area contributed by atoms with Crippen LogP contribution in [0.15, 0.2) is 23.6 Å². The molecule has 0 fully saturated rings. The standard InChI is InChI=1S/C13H12INS/c14-6-2-1-3-11-9-16-13-5-4-10(8-15)7-12(11)13/h4-5,7,9H,1-3,6H2. The molecule has 0 unspecified atom stereocenters. The minimum atomic E-state index is 0.765. The van der Waals surface area contributed by atoms with E-state index in [9.17, 15) is 0 Å². The highest BCUT2D eigenvalue weighted by atomic mass is 127. The van der Waals surface area contributed by atoms with Gasteiger partial charge in [-0.3, -0.25) is 0 Å². The fourth-order valence-electron chi connectivity index (χ4n) is 1.75. The Morgan fingerprint density at radius 3 is 2.94 bits per heavy atom. The summed E-state index contributed by atoms with van der Waals surface area (Å²) in [6, 6.07) is 8.18. The van der Waals surface area contributed by atoms with Crippen LogP contribution < -0.4 is 0 Å². The van der Waals surface area contributed by atoms with Gasteiger partial charge in [-0.2, -0.15) is 5.26 Å². The quantitative estimate of drug-likeness (QED) is 0.455. The number of thiophene rings is 1. The molecule has 2 aromatic rings. The zero-order chi connectivity index (χ0) is 11.4. The number of fused-ring (bicyclic) bond motifs is 1. The van der Waals surface area contributed by atoms with Gasteiger partial charge < -0.3 is 0 Å². The third-order valence-electron chi connectivity index (χ3n) is 2.61. The van der Waals surface area contributed by atoms with E-state index in [0.29, 0.717) is 0 Å². The average molecular weight is 341 g/mol. The fourth-order valence-corrected chi connectivity index (χ4v) is 3.27. The number of halogens is 1. The lowest BCUT2D eigenvalue weighted by Crippen LogP contribution is -1.84. The van der Waals surface area contributed by atoms with Crippen molar-refractivity contribution in [1.82, 2.24) is 0 Å². The lowest BCUT2D eigenvalue weighted by molar-refractivity contribution is 0.815. The summed E-state index contributed by atoms with van der Waals surface area (Å²) in [7, 11) is 0. The summed E-state index contributed by atoms with van der Waals surface area (Å²) in [4.78, 5) is 0. The number of hydrogen-bond acceptors (Lipinski definition) is 2. The van der Waals surface area contributed by atoms with E-state index in [-0.39, 0.29) is 0 Å². The predicted octanol–water partition coefficient (Wildman–Crippen LogP) is 4.53. The fraction of sp³-hybridized carbons (Fsp3) is 0.308. The van der Waals surface area contributed by atoms with Gasteiger partial charge in [0, 0.05) is 4.70 Å². The Morgan fingerprint density at radius 1 is 1.31 bits per heavy atom. The van der Waals surface area contributed by atoms with E-state index in [4.69, 9.17) is 5.26 Å². The number of unbranched alkanes of at least 4 members (excludes halogenated alkanes) is 1. The molecule has 2 rings (SSSR count). The molecule has 0 aliphatic heterocycles. The third kappa shape index (κ3) is 2.55. The number of nitriles is 1. The second-order valence-electron chi connectivity index (χ2n) is 3.73. The molecule has 0 aliphatic rings. The van der Waals surface area contributed by atoms with Gasteiger partial charge in [-0.1, -0.05) is 22.6 Å². The number of nitrogens with zero attached hydrogens (tertiary/aromatic N) is 1. The van der Waals surface area contributed by atoms with Crippen molar-refractivity contribution in [1.29, 1.82) is 5.26 Å². The van der Waals surface area contributed by atoms with E-state index >= 15 is 0 Å². The molecular weight excluding hydrogens is 329 g/mol. The number of benzene rings is 1. The Hall–Kier alpha value is -0.600. The maximum absolute atomic E-state index is 8.89. The molecule has 82 valence electrons. The molecule has 1 nitrogen and oxygen atoms in total. The molecule has 0 amide bonds. The number of hydrogen-bond donors (Lipinski definition) is 0. The van der Waals surface area contributed by atoms with Crippen LogP contribution >= 0.6 is 33.9 Å². The summed E-state index contributed by atoms with van der Waals surface area (Å²) in [6.07, 6.45) is 3.65. The number of rotatable bonds is 4. The molecule has 0 spiro atoms. The molecule has 1 aromatic heterocycles. The Labute approximate surface area is 113 Å². The minimum absolute atomic E-state index is 0.765. The largest absolute Gasteiger partial charge is 0.192 e. The highest BCUT2D eigenvalue weighted by Crippen LogP contribution is 2.28. The molecule has 0 aliphatic carbocycles. The molecule has 0 radical (unpaired) electrons. The van der Waals surface area contributed by atoms with Crippen LogP contribution in [0.3, 0.4) is 0 Å². The van der Waals surface area contributed by atoms with Crippen molar-refractivity contribution in [3.63, 3.8) is 0 Å². The molecule has 0 saturated heterocycles. The smallest absolute Gasteiger partial charge is 0.0991 e. The number of alkyl halides is 1. The van der Waals surface area contributed by atoms with E-state index in [2.05, 4.69) is 40.1 Å². The maximum Gasteiger partial charge on any atom is 0.0991 e. The van der Waals surface area contributed by atoms with Crippen molar-refractivity contribution in [2.24, 2.45) is 0 Å². The lowest BCUT2D eigenvalue weighted by Gasteiger charge is -1.98. The van der Waals surface area contributed by atoms with Gasteiger partial charge in [0.15, 0.2) is 0 Å². The highest BCUT2D eigenvalue weighted by Gasteiger charge is 2.04. The van der Waals surface area contributed by atoms with Crippen molar-refractivity contribution in [3.8, 4) is 6.07 Å². The zero-order valence-corrected chi connectivity index (χ0v) is 11.8. The molecule has 1 heterocycles. The molecule has 16 heavy (non-hydrogen) atoms. The van der Waals surface area contributed by atoms with Crippen LogP contribution in [0, 0.1) is 11.3 Å². The van der Waals surface area contributed by atoms with Crippen LogP contribution in [0.2, 0.25) is 0 Å². The summed E-state index contributed by atoms with van der Waals surface area (Å²) in [6.45, 7) is 0. The van der Waals surface area contributed by atoms with E-state index < -0.39 is 0 Å². The van der Waals surface area contributed by atoms with Gasteiger partial charge in [-0.05, 0) is 58.2 Å². The molecular formula is C13H12INS. The van der Waals surface area contributed by atoms with E-state index in [0.717, 1.165) is 12.0 Å². The SMILES string of the molecule is N#Cc1ccc2scc(CCCCI)c2c1. The summed E-state index contributed by atoms with van der Waals surface area (Å²) in [5.41, 5.74) is 2.17. The van der Waals surface area contributed by atoms with Crippen LogP contribution in [0.4, 0.5) is 0 Å². The third-order valence-corrected chi connectivity index (χ3v) is 4.39. The summed E-state index contributed by atoms with van der Waals surface area (Å²) >= 11 is 4.20. The van der Waals surface area contributed by atoms with Gasteiger partial charge >= 0.3 is 0 Å². The Balaban J connectivity index is 2.28. The predicted molar refractivity (Wildman–Crippen MR) is 78.4 cm³/mol. The first-order chi connectivity index (χ1) is 7.85. The van der Waals surface area contributed by atoms with Gasteiger partial charge in [-0.25, -0.2) is 0 Å². The highest BCUT2D eigenvalue weighted by molar-refractivity contribution is 14.1. The Kier molecular flexibility index (Phi) is 4.19. The molecule has 0 N–H and O–H groups in total.